The van der Waals surface area contributed by atoms with E-state index in [2.05, 4.69) is 4.98 Å². The number of fused-ring (bicyclic) bond motifs is 4. The van der Waals surface area contributed by atoms with E-state index >= 15 is 0 Å². The second-order valence-electron chi connectivity index (χ2n) is 5.76. The number of hydrogen-bond donors (Lipinski definition) is 0. The van der Waals surface area contributed by atoms with Crippen molar-refractivity contribution in [3.63, 3.8) is 0 Å². The Morgan fingerprint density at radius 3 is 3.00 bits per heavy atom. The molecule has 0 saturated heterocycles. The Labute approximate surface area is 144 Å². The number of benzene rings is 2. The van der Waals surface area contributed by atoms with Crippen LogP contribution in [0.4, 0.5) is 4.39 Å². The van der Waals surface area contributed by atoms with Crippen molar-refractivity contribution >= 4 is 31.6 Å². The zero-order chi connectivity index (χ0) is 17.0. The third kappa shape index (κ3) is 2.20. The summed E-state index contributed by atoms with van der Waals surface area (Å²) in [6.07, 6.45) is 1.47. The van der Waals surface area contributed by atoms with Gasteiger partial charge in [0.05, 0.1) is 23.8 Å². The molecule has 124 valence electrons. The number of hydrogen-bond acceptors (Lipinski definition) is 5. The van der Waals surface area contributed by atoms with Gasteiger partial charge in [0.25, 0.3) is 5.56 Å². The second-order valence-corrected chi connectivity index (χ2v) is 6.81. The molecule has 0 aliphatic carbocycles. The fraction of sp³-hybridized carbons (Fsp3) is 0.111. The molecule has 0 bridgehead atoms. The van der Waals surface area contributed by atoms with Gasteiger partial charge in [0.1, 0.15) is 10.5 Å². The molecule has 4 aromatic rings. The molecule has 7 heteroatoms. The molecule has 0 radical (unpaired) electrons. The number of nitrogens with zero attached hydrogens (tertiary/aromatic N) is 2. The summed E-state index contributed by atoms with van der Waals surface area (Å²) in [5.41, 5.74) is 1.15. The van der Waals surface area contributed by atoms with E-state index in [9.17, 15) is 9.18 Å². The molecule has 5 rings (SSSR count). The summed E-state index contributed by atoms with van der Waals surface area (Å²) in [6, 6.07) is 10.4. The van der Waals surface area contributed by atoms with E-state index in [0.717, 1.165) is 10.3 Å². The van der Waals surface area contributed by atoms with Gasteiger partial charge in [-0.3, -0.25) is 9.36 Å². The Hall–Kier alpha value is -2.93. The van der Waals surface area contributed by atoms with Gasteiger partial charge in [-0.05, 0) is 29.8 Å². The molecule has 2 aromatic heterocycles. The van der Waals surface area contributed by atoms with E-state index in [0.29, 0.717) is 33.6 Å². The van der Waals surface area contributed by atoms with Crippen LogP contribution in [0.15, 0.2) is 47.5 Å². The molecular weight excluding hydrogens is 343 g/mol. The van der Waals surface area contributed by atoms with Crippen molar-refractivity contribution < 1.29 is 13.9 Å². The van der Waals surface area contributed by atoms with Gasteiger partial charge in [-0.15, -0.1) is 11.3 Å². The third-order valence-electron chi connectivity index (χ3n) is 4.21. The zero-order valence-corrected chi connectivity index (χ0v) is 13.7. The first kappa shape index (κ1) is 14.4. The van der Waals surface area contributed by atoms with E-state index in [1.807, 2.05) is 18.2 Å². The highest BCUT2D eigenvalue weighted by molar-refractivity contribution is 7.25. The van der Waals surface area contributed by atoms with E-state index in [1.54, 1.807) is 12.1 Å². The van der Waals surface area contributed by atoms with Crippen molar-refractivity contribution in [1.82, 2.24) is 9.55 Å². The van der Waals surface area contributed by atoms with Gasteiger partial charge in [-0.2, -0.15) is 0 Å². The molecule has 1 aliphatic rings. The number of aromatic nitrogens is 2. The molecule has 0 saturated carbocycles. The first-order valence-corrected chi connectivity index (χ1v) is 8.47. The monoisotopic (exact) mass is 354 g/mol. The number of rotatable bonds is 2. The lowest BCUT2D eigenvalue weighted by atomic mass is 10.2. The predicted octanol–water partition coefficient (Wildman–Crippen LogP) is 3.53. The van der Waals surface area contributed by atoms with Crippen LogP contribution in [0.5, 0.6) is 11.5 Å². The average molecular weight is 354 g/mol. The molecule has 25 heavy (non-hydrogen) atoms. The topological polar surface area (TPSA) is 53.4 Å². The van der Waals surface area contributed by atoms with Gasteiger partial charge in [-0.25, -0.2) is 9.37 Å². The Balaban J connectivity index is 1.62. The van der Waals surface area contributed by atoms with Crippen molar-refractivity contribution in [2.24, 2.45) is 0 Å². The molecule has 0 unspecified atom stereocenters. The van der Waals surface area contributed by atoms with Gasteiger partial charge >= 0.3 is 0 Å². The quantitative estimate of drug-likeness (QED) is 0.553. The van der Waals surface area contributed by atoms with Gasteiger partial charge in [0.15, 0.2) is 11.5 Å². The summed E-state index contributed by atoms with van der Waals surface area (Å²) < 4.78 is 27.5. The minimum atomic E-state index is -0.357. The highest BCUT2D eigenvalue weighted by Gasteiger charge is 2.16. The summed E-state index contributed by atoms with van der Waals surface area (Å²) in [6.45, 7) is 0.564. The van der Waals surface area contributed by atoms with Gasteiger partial charge in [0, 0.05) is 4.70 Å². The maximum atomic E-state index is 14.1. The predicted molar refractivity (Wildman–Crippen MR) is 93.0 cm³/mol. The SMILES string of the molecule is O=c1c2sc3cccc(F)c3c2ncn1Cc1ccc2c(c1)OCO2. The summed E-state index contributed by atoms with van der Waals surface area (Å²) in [7, 11) is 0. The van der Waals surface area contributed by atoms with E-state index in [4.69, 9.17) is 9.47 Å². The Bertz CT molecular complexity index is 1200. The van der Waals surface area contributed by atoms with Crippen LogP contribution >= 0.6 is 11.3 Å². The summed E-state index contributed by atoms with van der Waals surface area (Å²) in [5, 5.41) is 0.412. The van der Waals surface area contributed by atoms with Crippen molar-refractivity contribution in [3.05, 3.63) is 64.5 Å². The van der Waals surface area contributed by atoms with Crippen molar-refractivity contribution in [3.8, 4) is 11.5 Å². The molecule has 0 fully saturated rings. The highest BCUT2D eigenvalue weighted by atomic mass is 32.1. The largest absolute Gasteiger partial charge is 0.454 e. The lowest BCUT2D eigenvalue weighted by molar-refractivity contribution is 0.174. The first-order chi connectivity index (χ1) is 12.2. The molecule has 0 N–H and O–H groups in total. The van der Waals surface area contributed by atoms with Crippen molar-refractivity contribution in [2.75, 3.05) is 6.79 Å². The zero-order valence-electron chi connectivity index (χ0n) is 12.9. The van der Waals surface area contributed by atoms with Gasteiger partial charge < -0.3 is 9.47 Å². The Morgan fingerprint density at radius 2 is 2.08 bits per heavy atom. The number of thiophene rings is 1. The van der Waals surface area contributed by atoms with Crippen molar-refractivity contribution in [1.29, 1.82) is 0 Å². The van der Waals surface area contributed by atoms with Crippen molar-refractivity contribution in [2.45, 2.75) is 6.54 Å². The lowest BCUT2D eigenvalue weighted by Gasteiger charge is -2.06. The molecule has 0 amide bonds. The number of ether oxygens (including phenoxy) is 2. The van der Waals surface area contributed by atoms with Crippen LogP contribution in [0.25, 0.3) is 20.3 Å². The maximum absolute atomic E-state index is 14.1. The van der Waals surface area contributed by atoms with Gasteiger partial charge in [-0.1, -0.05) is 12.1 Å². The highest BCUT2D eigenvalue weighted by Crippen LogP contribution is 2.33. The van der Waals surface area contributed by atoms with E-state index in [1.165, 1.54) is 28.3 Å². The number of halogens is 1. The third-order valence-corrected chi connectivity index (χ3v) is 5.34. The lowest BCUT2D eigenvalue weighted by Crippen LogP contribution is -2.20. The normalized spacial score (nSPS) is 13.0. The average Bonchev–Trinajstić information content (AvgIpc) is 3.22. The van der Waals surface area contributed by atoms with Crippen LogP contribution in [-0.4, -0.2) is 16.3 Å². The summed E-state index contributed by atoms with van der Waals surface area (Å²) in [5.74, 6) is 1.01. The minimum absolute atomic E-state index is 0.178. The maximum Gasteiger partial charge on any atom is 0.271 e. The van der Waals surface area contributed by atoms with Crippen LogP contribution in [0.3, 0.4) is 0 Å². The van der Waals surface area contributed by atoms with Crippen LogP contribution in [-0.2, 0) is 6.54 Å². The Kier molecular flexibility index (Phi) is 3.05. The van der Waals surface area contributed by atoms with Crippen LogP contribution in [0.2, 0.25) is 0 Å². The molecule has 5 nitrogen and oxygen atoms in total. The molecule has 0 spiro atoms. The van der Waals surface area contributed by atoms with Crippen LogP contribution in [0, 0.1) is 5.82 Å². The molecule has 1 aliphatic heterocycles. The van der Waals surface area contributed by atoms with Gasteiger partial charge in [0.2, 0.25) is 6.79 Å². The fourth-order valence-corrected chi connectivity index (χ4v) is 4.14. The smallest absolute Gasteiger partial charge is 0.271 e. The second kappa shape index (κ2) is 5.29. The summed E-state index contributed by atoms with van der Waals surface area (Å²) >= 11 is 1.27. The standard InChI is InChI=1S/C18H11FN2O3S/c19-11-2-1-3-14-15(11)16-17(25-14)18(22)21(8-20-16)7-10-4-5-12-13(6-10)24-9-23-12/h1-6,8H,7,9H2. The molecule has 0 atom stereocenters. The van der Waals surface area contributed by atoms with Crippen LogP contribution in [0.1, 0.15) is 5.56 Å². The first-order valence-electron chi connectivity index (χ1n) is 7.65. The molecule has 2 aromatic carbocycles. The summed E-state index contributed by atoms with van der Waals surface area (Å²) in [4.78, 5) is 17.1. The molecular formula is C18H11FN2O3S. The minimum Gasteiger partial charge on any atom is -0.454 e. The molecule has 3 heterocycles. The van der Waals surface area contributed by atoms with E-state index < -0.39 is 0 Å². The van der Waals surface area contributed by atoms with Crippen LogP contribution < -0.4 is 15.0 Å². The fourth-order valence-electron chi connectivity index (χ4n) is 3.02. The van der Waals surface area contributed by atoms with E-state index in [-0.39, 0.29) is 18.2 Å². The Morgan fingerprint density at radius 1 is 1.20 bits per heavy atom.